The molecule has 4 aromatic carbocycles. The van der Waals surface area contributed by atoms with Gasteiger partial charge >= 0.3 is 5.97 Å². The summed E-state index contributed by atoms with van der Waals surface area (Å²) in [4.78, 5) is 12.1. The minimum atomic E-state index is -0.973. The highest BCUT2D eigenvalue weighted by Gasteiger charge is 2.14. The summed E-state index contributed by atoms with van der Waals surface area (Å²) < 4.78 is 6.17. The predicted molar refractivity (Wildman–Crippen MR) is 121 cm³/mol. The maximum Gasteiger partial charge on any atom is 0.336 e. The molecular formula is C27H22O3. The van der Waals surface area contributed by atoms with Crippen LogP contribution in [0.25, 0.3) is 22.4 Å². The number of carboxylic acid groups (broad SMARTS) is 1. The van der Waals surface area contributed by atoms with Crippen LogP contribution >= 0.6 is 0 Å². The van der Waals surface area contributed by atoms with Gasteiger partial charge in [0, 0.05) is 5.56 Å². The maximum absolute atomic E-state index is 12.1. The van der Waals surface area contributed by atoms with Gasteiger partial charge in [0.25, 0.3) is 0 Å². The van der Waals surface area contributed by atoms with E-state index in [9.17, 15) is 9.90 Å². The zero-order valence-electron chi connectivity index (χ0n) is 16.7. The van der Waals surface area contributed by atoms with Gasteiger partial charge in [0.15, 0.2) is 0 Å². The Morgan fingerprint density at radius 2 is 1.67 bits per heavy atom. The van der Waals surface area contributed by atoms with Gasteiger partial charge in [-0.3, -0.25) is 0 Å². The van der Waals surface area contributed by atoms with Crippen LogP contribution in [-0.2, 0) is 11.4 Å². The van der Waals surface area contributed by atoms with Gasteiger partial charge in [0.1, 0.15) is 12.4 Å². The fraction of sp³-hybridized carbons (Fsp3) is 0.0741. The molecule has 0 aliphatic carbocycles. The van der Waals surface area contributed by atoms with Crippen molar-refractivity contribution in [1.29, 1.82) is 0 Å². The molecule has 0 fully saturated rings. The molecule has 0 radical (unpaired) electrons. The number of fused-ring (bicyclic) bond motifs is 1. The van der Waals surface area contributed by atoms with Crippen molar-refractivity contribution in [2.75, 3.05) is 0 Å². The topological polar surface area (TPSA) is 46.5 Å². The number of carboxylic acids is 1. The average molecular weight is 394 g/mol. The lowest BCUT2D eigenvalue weighted by molar-refractivity contribution is -0.130. The first kappa shape index (κ1) is 19.5. The summed E-state index contributed by atoms with van der Waals surface area (Å²) in [6.07, 6.45) is 1.71. The highest BCUT2D eigenvalue weighted by molar-refractivity contribution is 6.22. The number of rotatable bonds is 6. The molecule has 0 aliphatic rings. The first-order valence-electron chi connectivity index (χ1n) is 9.82. The van der Waals surface area contributed by atoms with E-state index in [1.54, 1.807) is 18.2 Å². The van der Waals surface area contributed by atoms with Crippen LogP contribution in [0.4, 0.5) is 0 Å². The second-order valence-electron chi connectivity index (χ2n) is 7.21. The molecule has 3 nitrogen and oxygen atoms in total. The lowest BCUT2D eigenvalue weighted by atomic mass is 9.98. The van der Waals surface area contributed by atoms with Crippen LogP contribution in [0.1, 0.15) is 22.3 Å². The first-order chi connectivity index (χ1) is 14.6. The van der Waals surface area contributed by atoms with E-state index in [0.717, 1.165) is 21.9 Å². The Labute approximate surface area is 175 Å². The van der Waals surface area contributed by atoms with Crippen molar-refractivity contribution in [2.45, 2.75) is 13.5 Å². The smallest absolute Gasteiger partial charge is 0.336 e. The Kier molecular flexibility index (Phi) is 5.62. The van der Waals surface area contributed by atoms with Crippen LogP contribution in [0.2, 0.25) is 0 Å². The summed E-state index contributed by atoms with van der Waals surface area (Å²) in [7, 11) is 0. The Morgan fingerprint density at radius 3 is 2.43 bits per heavy atom. The number of aryl methyl sites for hydroxylation is 1. The zero-order valence-corrected chi connectivity index (χ0v) is 16.7. The van der Waals surface area contributed by atoms with Crippen LogP contribution < -0.4 is 4.74 Å². The van der Waals surface area contributed by atoms with Crippen molar-refractivity contribution < 1.29 is 14.6 Å². The third-order valence-electron chi connectivity index (χ3n) is 5.01. The number of carbonyl (C=O) groups is 1. The normalized spacial score (nSPS) is 11.4. The van der Waals surface area contributed by atoms with E-state index >= 15 is 0 Å². The quantitative estimate of drug-likeness (QED) is 0.306. The number of hydrogen-bond donors (Lipinski definition) is 1. The molecule has 0 heterocycles. The largest absolute Gasteiger partial charge is 0.488 e. The minimum Gasteiger partial charge on any atom is -0.488 e. The van der Waals surface area contributed by atoms with Crippen LogP contribution in [0.15, 0.2) is 91.0 Å². The second kappa shape index (κ2) is 8.66. The Balaban J connectivity index is 1.81. The molecule has 0 aliphatic heterocycles. The molecule has 0 aromatic heterocycles. The van der Waals surface area contributed by atoms with Crippen LogP contribution in [0.5, 0.6) is 5.75 Å². The molecule has 0 spiro atoms. The molecule has 148 valence electrons. The first-order valence-corrected chi connectivity index (χ1v) is 9.82. The molecule has 0 atom stereocenters. The van der Waals surface area contributed by atoms with Gasteiger partial charge in [0.05, 0.1) is 5.57 Å². The Bertz CT molecular complexity index is 1220. The number of aliphatic carboxylic acids is 1. The Morgan fingerprint density at radius 1 is 0.900 bits per heavy atom. The number of benzene rings is 4. The molecule has 3 heteroatoms. The van der Waals surface area contributed by atoms with Gasteiger partial charge < -0.3 is 9.84 Å². The van der Waals surface area contributed by atoms with Crippen molar-refractivity contribution in [2.24, 2.45) is 0 Å². The average Bonchev–Trinajstić information content (AvgIpc) is 2.76. The third kappa shape index (κ3) is 4.26. The predicted octanol–water partition coefficient (Wildman–Crippen LogP) is 6.35. The lowest BCUT2D eigenvalue weighted by Crippen LogP contribution is -2.01. The monoisotopic (exact) mass is 394 g/mol. The molecule has 4 rings (SSSR count). The standard InChI is InChI=1S/C27H22O3/c1-19-8-7-9-20(16-19)18-30-26-15-14-22-12-5-6-13-23(22)25(26)17-24(27(28)29)21-10-3-2-4-11-21/h2-17H,18H2,1H3,(H,28,29). The minimum absolute atomic E-state index is 0.229. The van der Waals surface area contributed by atoms with E-state index in [2.05, 4.69) is 6.07 Å². The van der Waals surface area contributed by atoms with Crippen molar-refractivity contribution in [3.8, 4) is 5.75 Å². The molecule has 1 N–H and O–H groups in total. The van der Waals surface area contributed by atoms with Crippen molar-refractivity contribution in [3.63, 3.8) is 0 Å². The zero-order chi connectivity index (χ0) is 20.9. The molecular weight excluding hydrogens is 372 g/mol. The fourth-order valence-corrected chi connectivity index (χ4v) is 3.54. The van der Waals surface area contributed by atoms with Gasteiger partial charge in [0.2, 0.25) is 0 Å². The summed E-state index contributed by atoms with van der Waals surface area (Å²) in [5, 5.41) is 11.9. The third-order valence-corrected chi connectivity index (χ3v) is 5.01. The van der Waals surface area contributed by atoms with E-state index in [1.807, 2.05) is 79.7 Å². The van der Waals surface area contributed by atoms with E-state index in [-0.39, 0.29) is 5.57 Å². The lowest BCUT2D eigenvalue weighted by Gasteiger charge is -2.14. The number of ether oxygens (including phenoxy) is 1. The molecule has 30 heavy (non-hydrogen) atoms. The summed E-state index contributed by atoms with van der Waals surface area (Å²) in [5.74, 6) is -0.316. The van der Waals surface area contributed by atoms with Gasteiger partial charge in [-0.1, -0.05) is 90.5 Å². The second-order valence-corrected chi connectivity index (χ2v) is 7.21. The van der Waals surface area contributed by atoms with Crippen molar-refractivity contribution in [1.82, 2.24) is 0 Å². The van der Waals surface area contributed by atoms with Gasteiger partial charge in [-0.15, -0.1) is 0 Å². The summed E-state index contributed by atoms with van der Waals surface area (Å²) in [5.41, 5.74) is 3.89. The van der Waals surface area contributed by atoms with E-state index < -0.39 is 5.97 Å². The van der Waals surface area contributed by atoms with Crippen LogP contribution in [0.3, 0.4) is 0 Å². The molecule has 0 unspecified atom stereocenters. The molecule has 0 saturated heterocycles. The summed E-state index contributed by atoms with van der Waals surface area (Å²) >= 11 is 0. The van der Waals surface area contributed by atoms with Crippen LogP contribution in [-0.4, -0.2) is 11.1 Å². The molecule has 4 aromatic rings. The van der Waals surface area contributed by atoms with E-state index in [4.69, 9.17) is 4.74 Å². The SMILES string of the molecule is Cc1cccc(COc2ccc3ccccc3c2C=C(C(=O)O)c2ccccc2)c1. The molecule has 0 bridgehead atoms. The van der Waals surface area contributed by atoms with Crippen molar-refractivity contribution in [3.05, 3.63) is 113 Å². The van der Waals surface area contributed by atoms with Gasteiger partial charge in [-0.25, -0.2) is 4.79 Å². The maximum atomic E-state index is 12.1. The molecule has 0 amide bonds. The highest BCUT2D eigenvalue weighted by atomic mass is 16.5. The van der Waals surface area contributed by atoms with E-state index in [0.29, 0.717) is 17.9 Å². The summed E-state index contributed by atoms with van der Waals surface area (Å²) in [6.45, 7) is 2.46. The summed E-state index contributed by atoms with van der Waals surface area (Å²) in [6, 6.07) is 29.2. The molecule has 0 saturated carbocycles. The van der Waals surface area contributed by atoms with Gasteiger partial charge in [-0.05, 0) is 41.0 Å². The van der Waals surface area contributed by atoms with Crippen molar-refractivity contribution >= 4 is 28.4 Å². The van der Waals surface area contributed by atoms with Crippen LogP contribution in [0, 0.1) is 6.92 Å². The number of hydrogen-bond acceptors (Lipinski definition) is 2. The van der Waals surface area contributed by atoms with Gasteiger partial charge in [-0.2, -0.15) is 0 Å². The Hall–Kier alpha value is -3.85. The fourth-order valence-electron chi connectivity index (χ4n) is 3.54. The van der Waals surface area contributed by atoms with E-state index in [1.165, 1.54) is 5.56 Å². The highest BCUT2D eigenvalue weighted by Crippen LogP contribution is 2.32.